The van der Waals surface area contributed by atoms with Crippen molar-refractivity contribution in [1.82, 2.24) is 4.98 Å². The molecule has 0 amide bonds. The van der Waals surface area contributed by atoms with Gasteiger partial charge in [-0.15, -0.1) is 0 Å². The molecule has 7 nitrogen and oxygen atoms in total. The molecule has 2 aromatic heterocycles. The lowest BCUT2D eigenvalue weighted by atomic mass is 9.87. The third-order valence-corrected chi connectivity index (χ3v) is 6.45. The van der Waals surface area contributed by atoms with Crippen molar-refractivity contribution in [3.05, 3.63) is 83.9 Å². The molecule has 2 aromatic carbocycles. The molecule has 2 aliphatic rings. The highest BCUT2D eigenvalue weighted by atomic mass is 16.7. The fraction of sp³-hybridized carbons (Fsp3) is 0.259. The largest absolute Gasteiger partial charge is 0.473 e. The van der Waals surface area contributed by atoms with Crippen LogP contribution in [-0.2, 0) is 21.7 Å². The fourth-order valence-corrected chi connectivity index (χ4v) is 4.81. The van der Waals surface area contributed by atoms with Crippen LogP contribution in [0.1, 0.15) is 29.7 Å². The summed E-state index contributed by atoms with van der Waals surface area (Å²) in [5.74, 6) is 0.440. The van der Waals surface area contributed by atoms with Gasteiger partial charge in [-0.2, -0.15) is 5.26 Å². The van der Waals surface area contributed by atoms with E-state index < -0.39 is 11.9 Å². The van der Waals surface area contributed by atoms with Crippen LogP contribution in [0.4, 0.5) is 0 Å². The van der Waals surface area contributed by atoms with Crippen molar-refractivity contribution in [2.75, 3.05) is 6.61 Å². The highest BCUT2D eigenvalue weighted by Crippen LogP contribution is 2.40. The van der Waals surface area contributed by atoms with E-state index in [-0.39, 0.29) is 6.10 Å². The summed E-state index contributed by atoms with van der Waals surface area (Å²) >= 11 is 0. The number of hydrogen-bond donors (Lipinski definition) is 1. The quantitative estimate of drug-likeness (QED) is 0.468. The van der Waals surface area contributed by atoms with Gasteiger partial charge in [0.2, 0.25) is 5.88 Å². The summed E-state index contributed by atoms with van der Waals surface area (Å²) in [6.07, 6.45) is 3.60. The number of ether oxygens (including phenoxy) is 3. The van der Waals surface area contributed by atoms with Crippen molar-refractivity contribution < 1.29 is 23.7 Å². The van der Waals surface area contributed by atoms with Crippen LogP contribution in [0.3, 0.4) is 0 Å². The van der Waals surface area contributed by atoms with Crippen LogP contribution in [0.15, 0.2) is 71.5 Å². The molecule has 2 fully saturated rings. The molecule has 0 radical (unpaired) electrons. The van der Waals surface area contributed by atoms with E-state index in [1.54, 1.807) is 18.6 Å². The van der Waals surface area contributed by atoms with Crippen molar-refractivity contribution in [3.8, 4) is 23.1 Å². The Morgan fingerprint density at radius 1 is 1.15 bits per heavy atom. The van der Waals surface area contributed by atoms with E-state index in [0.29, 0.717) is 43.2 Å². The number of aliphatic hydroxyl groups is 1. The minimum atomic E-state index is -1.09. The summed E-state index contributed by atoms with van der Waals surface area (Å²) in [7, 11) is 0. The van der Waals surface area contributed by atoms with Gasteiger partial charge in [0.1, 0.15) is 12.2 Å². The van der Waals surface area contributed by atoms with Crippen molar-refractivity contribution >= 4 is 10.8 Å². The maximum absolute atomic E-state index is 11.2. The maximum atomic E-state index is 11.2. The lowest BCUT2D eigenvalue weighted by molar-refractivity contribution is -0.160. The molecule has 2 saturated heterocycles. The maximum Gasteiger partial charge on any atom is 0.213 e. The second-order valence-electron chi connectivity index (χ2n) is 8.81. The van der Waals surface area contributed by atoms with Gasteiger partial charge >= 0.3 is 0 Å². The molecule has 0 aliphatic carbocycles. The average Bonchev–Trinajstić information content (AvgIpc) is 3.52. The third kappa shape index (κ3) is 3.82. The van der Waals surface area contributed by atoms with Gasteiger partial charge in [-0.3, -0.25) is 0 Å². The van der Waals surface area contributed by atoms with E-state index in [0.717, 1.165) is 27.5 Å². The second kappa shape index (κ2) is 8.26. The van der Waals surface area contributed by atoms with E-state index >= 15 is 0 Å². The van der Waals surface area contributed by atoms with Crippen molar-refractivity contribution in [3.63, 3.8) is 0 Å². The van der Waals surface area contributed by atoms with E-state index in [9.17, 15) is 10.4 Å². The molecule has 0 saturated carbocycles. The van der Waals surface area contributed by atoms with Gasteiger partial charge in [-0.1, -0.05) is 18.2 Å². The van der Waals surface area contributed by atoms with Gasteiger partial charge in [0.25, 0.3) is 0 Å². The zero-order valence-electron chi connectivity index (χ0n) is 18.3. The van der Waals surface area contributed by atoms with Gasteiger partial charge in [0.05, 0.1) is 42.6 Å². The first-order valence-corrected chi connectivity index (χ1v) is 11.2. The molecular formula is C27H22N2O5. The number of aromatic nitrogens is 1. The number of hydrogen-bond acceptors (Lipinski definition) is 7. The van der Waals surface area contributed by atoms with Gasteiger partial charge in [-0.25, -0.2) is 4.98 Å². The Bertz CT molecular complexity index is 1380. The number of fused-ring (bicyclic) bond motifs is 3. The van der Waals surface area contributed by atoms with Crippen LogP contribution in [0.2, 0.25) is 0 Å². The summed E-state index contributed by atoms with van der Waals surface area (Å²) in [5, 5.41) is 22.7. The first kappa shape index (κ1) is 20.9. The van der Waals surface area contributed by atoms with E-state index in [1.165, 1.54) is 0 Å². The standard InChI is InChI=1S/C27H22N2O5/c28-13-18-9-20-8-17(4-5-22(20)23(10-18)19-6-7-31-15-19)14-32-25-3-1-2-24(29-25)27(30)11-21-16-33-26(12-27)34-21/h1-10,15,21,26,30H,11-12,14,16H2/t21-,26+,27?/m0/s1. The Balaban J connectivity index is 1.24. The summed E-state index contributed by atoms with van der Waals surface area (Å²) in [4.78, 5) is 4.58. The van der Waals surface area contributed by atoms with Gasteiger partial charge < -0.3 is 23.7 Å². The van der Waals surface area contributed by atoms with E-state index in [1.807, 2.05) is 48.5 Å². The molecule has 0 spiro atoms. The monoisotopic (exact) mass is 454 g/mol. The van der Waals surface area contributed by atoms with Crippen LogP contribution < -0.4 is 4.74 Å². The van der Waals surface area contributed by atoms with Gasteiger partial charge in [0, 0.05) is 24.5 Å². The van der Waals surface area contributed by atoms with Gasteiger partial charge in [-0.05, 0) is 52.2 Å². The number of pyridine rings is 1. The molecule has 2 aliphatic heterocycles. The molecule has 4 aromatic rings. The Kier molecular flexibility index (Phi) is 5.07. The van der Waals surface area contributed by atoms with Crippen LogP contribution in [0.25, 0.3) is 21.9 Å². The SMILES string of the molecule is N#Cc1cc(-c2ccoc2)c2ccc(COc3cccc(C4(O)C[C@H]5CO[C@@H](C4)O5)n3)cc2c1. The minimum Gasteiger partial charge on any atom is -0.473 e. The Labute approximate surface area is 196 Å². The lowest BCUT2D eigenvalue weighted by Crippen LogP contribution is -2.39. The number of rotatable bonds is 5. The van der Waals surface area contributed by atoms with Crippen LogP contribution in [-0.4, -0.2) is 29.1 Å². The zero-order chi connectivity index (χ0) is 23.1. The predicted molar refractivity (Wildman–Crippen MR) is 123 cm³/mol. The molecule has 170 valence electrons. The Morgan fingerprint density at radius 3 is 2.91 bits per heavy atom. The second-order valence-corrected chi connectivity index (χ2v) is 8.81. The summed E-state index contributed by atoms with van der Waals surface area (Å²) in [6, 6.07) is 19.4. The number of benzene rings is 2. The molecule has 2 bridgehead atoms. The fourth-order valence-electron chi connectivity index (χ4n) is 4.81. The number of nitriles is 1. The van der Waals surface area contributed by atoms with Gasteiger partial charge in [0.15, 0.2) is 6.29 Å². The van der Waals surface area contributed by atoms with Crippen LogP contribution in [0, 0.1) is 11.3 Å². The lowest BCUT2D eigenvalue weighted by Gasteiger charge is -2.34. The van der Waals surface area contributed by atoms with E-state index in [2.05, 4.69) is 11.1 Å². The normalized spacial score (nSPS) is 23.6. The zero-order valence-corrected chi connectivity index (χ0v) is 18.3. The molecule has 4 heterocycles. The Hall–Kier alpha value is -3.70. The average molecular weight is 454 g/mol. The molecule has 3 atom stereocenters. The molecular weight excluding hydrogens is 432 g/mol. The van der Waals surface area contributed by atoms with Crippen LogP contribution in [0.5, 0.6) is 5.88 Å². The minimum absolute atomic E-state index is 0.113. The summed E-state index contributed by atoms with van der Waals surface area (Å²) in [5.41, 5.74) is 2.88. The highest BCUT2D eigenvalue weighted by molar-refractivity contribution is 5.98. The van der Waals surface area contributed by atoms with E-state index in [4.69, 9.17) is 18.6 Å². The summed E-state index contributed by atoms with van der Waals surface area (Å²) in [6.45, 7) is 0.807. The molecule has 7 heteroatoms. The molecule has 34 heavy (non-hydrogen) atoms. The Morgan fingerprint density at radius 2 is 2.09 bits per heavy atom. The first-order chi connectivity index (χ1) is 16.6. The topological polar surface area (TPSA) is 97.7 Å². The van der Waals surface area contributed by atoms with Crippen molar-refractivity contribution in [2.45, 2.75) is 37.4 Å². The van der Waals surface area contributed by atoms with Crippen LogP contribution >= 0.6 is 0 Å². The predicted octanol–water partition coefficient (Wildman–Crippen LogP) is 4.67. The number of nitrogens with zero attached hydrogens (tertiary/aromatic N) is 2. The summed E-state index contributed by atoms with van der Waals surface area (Å²) < 4.78 is 22.4. The smallest absolute Gasteiger partial charge is 0.213 e. The first-order valence-electron chi connectivity index (χ1n) is 11.2. The van der Waals surface area contributed by atoms with Crippen molar-refractivity contribution in [1.29, 1.82) is 5.26 Å². The molecule has 1 unspecified atom stereocenters. The molecule has 6 rings (SSSR count). The third-order valence-electron chi connectivity index (χ3n) is 6.45. The highest BCUT2D eigenvalue weighted by Gasteiger charge is 2.46. The number of furan rings is 1. The molecule has 1 N–H and O–H groups in total. The van der Waals surface area contributed by atoms with Crippen molar-refractivity contribution in [2.24, 2.45) is 0 Å².